The number of benzene rings is 1. The molecule has 0 spiro atoms. The van der Waals surface area contributed by atoms with Crippen molar-refractivity contribution in [3.8, 4) is 0 Å². The molecule has 0 unspecified atom stereocenters. The highest BCUT2D eigenvalue weighted by atomic mass is 32.1. The van der Waals surface area contributed by atoms with Gasteiger partial charge < -0.3 is 4.90 Å². The molecule has 158 valence electrons. The summed E-state index contributed by atoms with van der Waals surface area (Å²) in [5.74, 6) is -0.606. The molecule has 2 aromatic rings. The first-order chi connectivity index (χ1) is 14.4. The Morgan fingerprint density at radius 3 is 2.73 bits per heavy atom. The minimum Gasteiger partial charge on any atom is -0.307 e. The zero-order valence-corrected chi connectivity index (χ0v) is 18.2. The van der Waals surface area contributed by atoms with Gasteiger partial charge in [-0.2, -0.15) is 0 Å². The lowest BCUT2D eigenvalue weighted by atomic mass is 9.95. The van der Waals surface area contributed by atoms with Crippen molar-refractivity contribution < 1.29 is 14.4 Å². The number of hydrogen-bond donors (Lipinski definition) is 1. The fourth-order valence-corrected chi connectivity index (χ4v) is 4.86. The molecule has 9 heteroatoms. The maximum Gasteiger partial charge on any atom is 0.273 e. The highest BCUT2D eigenvalue weighted by molar-refractivity contribution is 7.15. The molecule has 4 rings (SSSR count). The molecule has 1 saturated heterocycles. The normalized spacial score (nSPS) is 20.5. The summed E-state index contributed by atoms with van der Waals surface area (Å²) in [6, 6.07) is 7.00. The monoisotopic (exact) mass is 427 g/mol. The summed E-state index contributed by atoms with van der Waals surface area (Å²) in [6.45, 7) is 6.44. The zero-order valence-electron chi connectivity index (χ0n) is 17.3. The van der Waals surface area contributed by atoms with Crippen LogP contribution in [0.4, 0.5) is 10.8 Å². The van der Waals surface area contributed by atoms with Gasteiger partial charge in [-0.15, -0.1) is 10.2 Å². The third-order valence-electron chi connectivity index (χ3n) is 5.63. The van der Waals surface area contributed by atoms with Gasteiger partial charge in [-0.1, -0.05) is 50.7 Å². The molecule has 1 atom stereocenters. The van der Waals surface area contributed by atoms with Gasteiger partial charge in [-0.25, -0.2) is 0 Å². The number of nitrogens with zero attached hydrogens (tertiary/aromatic N) is 4. The van der Waals surface area contributed by atoms with E-state index in [4.69, 9.17) is 0 Å². The lowest BCUT2D eigenvalue weighted by molar-refractivity contribution is -0.129. The number of hydrogen-bond acceptors (Lipinski definition) is 6. The first-order valence-electron chi connectivity index (χ1n) is 10.3. The number of para-hydroxylation sites is 1. The van der Waals surface area contributed by atoms with Crippen LogP contribution in [0.2, 0.25) is 0 Å². The Morgan fingerprint density at radius 1 is 1.27 bits per heavy atom. The number of aromatic nitrogens is 2. The Morgan fingerprint density at radius 2 is 2.03 bits per heavy atom. The van der Waals surface area contributed by atoms with Gasteiger partial charge in [-0.3, -0.25) is 24.6 Å². The third kappa shape index (κ3) is 3.08. The summed E-state index contributed by atoms with van der Waals surface area (Å²) in [6.07, 6.45) is 2.05. The van der Waals surface area contributed by atoms with Gasteiger partial charge in [0.15, 0.2) is 0 Å². The Labute approximate surface area is 179 Å². The van der Waals surface area contributed by atoms with Gasteiger partial charge >= 0.3 is 0 Å². The first kappa shape index (κ1) is 20.5. The molecule has 1 aromatic heterocycles. The zero-order chi connectivity index (χ0) is 21.5. The molecule has 0 saturated carbocycles. The van der Waals surface area contributed by atoms with Crippen molar-refractivity contribution in [2.75, 3.05) is 16.8 Å². The van der Waals surface area contributed by atoms with E-state index in [0.29, 0.717) is 22.9 Å². The molecule has 3 heterocycles. The van der Waals surface area contributed by atoms with E-state index in [0.717, 1.165) is 17.8 Å². The van der Waals surface area contributed by atoms with Crippen LogP contribution in [-0.2, 0) is 9.59 Å². The van der Waals surface area contributed by atoms with E-state index < -0.39 is 11.6 Å². The minimum absolute atomic E-state index is 0.160. The molecular weight excluding hydrogens is 402 g/mol. The maximum absolute atomic E-state index is 13.7. The van der Waals surface area contributed by atoms with Crippen molar-refractivity contribution in [2.24, 2.45) is 0 Å². The second-order valence-electron chi connectivity index (χ2n) is 7.93. The van der Waals surface area contributed by atoms with Crippen LogP contribution in [0.5, 0.6) is 0 Å². The van der Waals surface area contributed by atoms with Crippen LogP contribution in [0.25, 0.3) is 0 Å². The molecule has 0 aliphatic carbocycles. The van der Waals surface area contributed by atoms with Gasteiger partial charge in [0.1, 0.15) is 5.01 Å². The molecule has 1 N–H and O–H groups in total. The SMILES string of the molecule is CCCCN1C(=O)c2ccccc2N2C(=O)CC[C@@]12C(=O)Nc1nnc(C(C)C)s1. The molecule has 1 fully saturated rings. The molecule has 1 aromatic carbocycles. The van der Waals surface area contributed by atoms with Crippen molar-refractivity contribution in [1.29, 1.82) is 0 Å². The van der Waals surface area contributed by atoms with Crippen molar-refractivity contribution in [1.82, 2.24) is 15.1 Å². The summed E-state index contributed by atoms with van der Waals surface area (Å²) >= 11 is 1.31. The maximum atomic E-state index is 13.7. The van der Waals surface area contributed by atoms with Crippen molar-refractivity contribution >= 4 is 39.9 Å². The average molecular weight is 428 g/mol. The van der Waals surface area contributed by atoms with Gasteiger partial charge in [-0.05, 0) is 18.6 Å². The molecule has 2 aliphatic heterocycles. The predicted octanol–water partition coefficient (Wildman–Crippen LogP) is 3.38. The number of unbranched alkanes of at least 4 members (excludes halogenated alkanes) is 1. The summed E-state index contributed by atoms with van der Waals surface area (Å²) in [5.41, 5.74) is -0.445. The topological polar surface area (TPSA) is 95.5 Å². The van der Waals surface area contributed by atoms with E-state index >= 15 is 0 Å². The van der Waals surface area contributed by atoms with E-state index in [2.05, 4.69) is 15.5 Å². The Kier molecular flexibility index (Phi) is 5.31. The Hall–Kier alpha value is -2.81. The third-order valence-corrected chi connectivity index (χ3v) is 6.77. The number of fused-ring (bicyclic) bond motifs is 3. The first-order valence-corrected chi connectivity index (χ1v) is 11.1. The van der Waals surface area contributed by atoms with Gasteiger partial charge in [0, 0.05) is 25.3 Å². The molecule has 2 aliphatic rings. The van der Waals surface area contributed by atoms with Crippen LogP contribution in [0.1, 0.15) is 67.7 Å². The van der Waals surface area contributed by atoms with Crippen molar-refractivity contribution in [3.05, 3.63) is 34.8 Å². The van der Waals surface area contributed by atoms with Crippen molar-refractivity contribution in [2.45, 2.75) is 58.0 Å². The van der Waals surface area contributed by atoms with E-state index in [-0.39, 0.29) is 30.6 Å². The number of amides is 3. The second kappa shape index (κ2) is 7.79. The summed E-state index contributed by atoms with van der Waals surface area (Å²) in [4.78, 5) is 43.1. The molecule has 0 bridgehead atoms. The number of carbonyl (C=O) groups excluding carboxylic acids is 3. The smallest absolute Gasteiger partial charge is 0.273 e. The highest BCUT2D eigenvalue weighted by Crippen LogP contribution is 2.45. The number of carbonyl (C=O) groups is 3. The van der Waals surface area contributed by atoms with E-state index in [1.807, 2.05) is 20.8 Å². The summed E-state index contributed by atoms with van der Waals surface area (Å²) in [5, 5.41) is 12.2. The molecule has 30 heavy (non-hydrogen) atoms. The Balaban J connectivity index is 1.78. The lowest BCUT2D eigenvalue weighted by Gasteiger charge is -2.49. The van der Waals surface area contributed by atoms with Gasteiger partial charge in [0.05, 0.1) is 11.3 Å². The number of nitrogens with one attached hydrogen (secondary N) is 1. The van der Waals surface area contributed by atoms with Crippen LogP contribution in [0.3, 0.4) is 0 Å². The fourth-order valence-electron chi connectivity index (χ4n) is 4.12. The average Bonchev–Trinajstić information content (AvgIpc) is 3.33. The van der Waals surface area contributed by atoms with Crippen LogP contribution in [-0.4, -0.2) is 45.0 Å². The fraction of sp³-hybridized carbons (Fsp3) is 0.476. The quantitative estimate of drug-likeness (QED) is 0.762. The van der Waals surface area contributed by atoms with Crippen LogP contribution in [0.15, 0.2) is 24.3 Å². The van der Waals surface area contributed by atoms with Crippen LogP contribution >= 0.6 is 11.3 Å². The highest BCUT2D eigenvalue weighted by Gasteiger charge is 2.60. The second-order valence-corrected chi connectivity index (χ2v) is 8.94. The molecule has 3 amide bonds. The largest absolute Gasteiger partial charge is 0.307 e. The van der Waals surface area contributed by atoms with Gasteiger partial charge in [0.2, 0.25) is 16.7 Å². The van der Waals surface area contributed by atoms with Crippen molar-refractivity contribution in [3.63, 3.8) is 0 Å². The van der Waals surface area contributed by atoms with E-state index in [1.54, 1.807) is 29.2 Å². The van der Waals surface area contributed by atoms with E-state index in [1.165, 1.54) is 16.2 Å². The standard InChI is InChI=1S/C21H25N5O3S/c1-4-5-12-25-18(28)14-8-6-7-9-15(14)26-16(27)10-11-21(25,26)19(29)22-20-24-23-17(30-20)13(2)3/h6-9,13H,4-5,10-12H2,1-3H3,(H,22,24,29)/t21-/m1/s1. The van der Waals surface area contributed by atoms with Crippen LogP contribution < -0.4 is 10.2 Å². The number of anilines is 2. The molecule has 0 radical (unpaired) electrons. The van der Waals surface area contributed by atoms with Crippen LogP contribution in [0, 0.1) is 0 Å². The Bertz CT molecular complexity index is 1000. The molecular formula is C21H25N5O3S. The van der Waals surface area contributed by atoms with E-state index in [9.17, 15) is 14.4 Å². The van der Waals surface area contributed by atoms with Gasteiger partial charge in [0.25, 0.3) is 11.8 Å². The molecule has 8 nitrogen and oxygen atoms in total. The lowest BCUT2D eigenvalue weighted by Crippen LogP contribution is -2.69. The number of rotatable bonds is 6. The minimum atomic E-state index is -1.39. The predicted molar refractivity (Wildman–Crippen MR) is 114 cm³/mol. The summed E-state index contributed by atoms with van der Waals surface area (Å²) < 4.78 is 0. The summed E-state index contributed by atoms with van der Waals surface area (Å²) in [7, 11) is 0.